The van der Waals surface area contributed by atoms with Gasteiger partial charge in [0.25, 0.3) is 0 Å². The van der Waals surface area contributed by atoms with Gasteiger partial charge in [0.05, 0.1) is 5.56 Å². The fourth-order valence-electron chi connectivity index (χ4n) is 3.16. The zero-order valence-electron chi connectivity index (χ0n) is 17.8. The lowest BCUT2D eigenvalue weighted by Crippen LogP contribution is -2.49. The van der Waals surface area contributed by atoms with Crippen molar-refractivity contribution in [2.75, 3.05) is 44.3 Å². The zero-order valence-corrected chi connectivity index (χ0v) is 18.6. The number of hydrogen-bond acceptors (Lipinski definition) is 7. The number of ether oxygens (including phenoxy) is 2. The predicted molar refractivity (Wildman–Crippen MR) is 109 cm³/mol. The fraction of sp³-hybridized carbons (Fsp3) is 0.400. The second-order valence-electron chi connectivity index (χ2n) is 7.32. The molecule has 1 fully saturated rings. The van der Waals surface area contributed by atoms with Gasteiger partial charge in [0.2, 0.25) is 10.0 Å². The molecule has 3 rings (SSSR count). The number of aromatic nitrogens is 1. The van der Waals surface area contributed by atoms with Crippen LogP contribution in [-0.4, -0.2) is 69.5 Å². The van der Waals surface area contributed by atoms with E-state index < -0.39 is 52.0 Å². The normalized spacial score (nSPS) is 15.5. The Morgan fingerprint density at radius 2 is 1.57 bits per heavy atom. The Morgan fingerprint density at radius 1 is 0.943 bits per heavy atom. The molecule has 0 radical (unpaired) electrons. The van der Waals surface area contributed by atoms with Gasteiger partial charge in [-0.05, 0) is 24.3 Å². The number of sulfonamides is 1. The Balaban J connectivity index is 1.82. The molecule has 1 aliphatic rings. The Bertz CT molecular complexity index is 1170. The Labute approximate surface area is 196 Å². The van der Waals surface area contributed by atoms with E-state index in [2.05, 4.69) is 14.5 Å². The van der Waals surface area contributed by atoms with Gasteiger partial charge in [-0.25, -0.2) is 13.4 Å². The van der Waals surface area contributed by atoms with Crippen LogP contribution in [0, 0.1) is 11.3 Å². The number of piperazine rings is 1. The van der Waals surface area contributed by atoms with E-state index in [0.717, 1.165) is 16.4 Å². The molecule has 1 aliphatic heterocycles. The number of benzene rings is 1. The first kappa shape index (κ1) is 26.4. The molecule has 1 aromatic heterocycles. The van der Waals surface area contributed by atoms with Gasteiger partial charge in [0.1, 0.15) is 28.3 Å². The third kappa shape index (κ3) is 7.12. The Kier molecular flexibility index (Phi) is 7.65. The number of anilines is 1. The van der Waals surface area contributed by atoms with Crippen LogP contribution in [0.2, 0.25) is 0 Å². The van der Waals surface area contributed by atoms with E-state index in [4.69, 9.17) is 5.26 Å². The number of pyridine rings is 1. The van der Waals surface area contributed by atoms with Crippen molar-refractivity contribution in [3.63, 3.8) is 0 Å². The third-order valence-electron chi connectivity index (χ3n) is 4.77. The van der Waals surface area contributed by atoms with E-state index >= 15 is 0 Å². The molecule has 0 atom stereocenters. The van der Waals surface area contributed by atoms with Crippen LogP contribution >= 0.6 is 0 Å². The molecular formula is C20H18F6N4O4S. The summed E-state index contributed by atoms with van der Waals surface area (Å²) < 4.78 is 112. The van der Waals surface area contributed by atoms with E-state index in [9.17, 15) is 34.8 Å². The molecule has 0 unspecified atom stereocenters. The van der Waals surface area contributed by atoms with Crippen molar-refractivity contribution in [2.45, 2.75) is 17.2 Å². The highest BCUT2D eigenvalue weighted by Crippen LogP contribution is 2.33. The molecule has 0 bridgehead atoms. The molecule has 0 N–H and O–H groups in total. The first-order valence-corrected chi connectivity index (χ1v) is 11.4. The van der Waals surface area contributed by atoms with Gasteiger partial charge in [-0.15, -0.1) is 0 Å². The minimum atomic E-state index is -4.77. The second kappa shape index (κ2) is 10.2. The smallest absolute Gasteiger partial charge is 0.422 e. The highest BCUT2D eigenvalue weighted by atomic mass is 32.2. The molecule has 0 spiro atoms. The van der Waals surface area contributed by atoms with E-state index in [1.807, 2.05) is 6.07 Å². The van der Waals surface area contributed by atoms with Gasteiger partial charge >= 0.3 is 12.4 Å². The lowest BCUT2D eigenvalue weighted by atomic mass is 10.3. The van der Waals surface area contributed by atoms with Crippen LogP contribution in [0.3, 0.4) is 0 Å². The summed E-state index contributed by atoms with van der Waals surface area (Å²) in [4.78, 5) is 5.14. The van der Waals surface area contributed by atoms with E-state index in [1.165, 1.54) is 6.20 Å². The average Bonchev–Trinajstić information content (AvgIpc) is 2.81. The summed E-state index contributed by atoms with van der Waals surface area (Å²) in [6.45, 7) is -3.35. The Hall–Kier alpha value is -3.25. The van der Waals surface area contributed by atoms with Gasteiger partial charge in [-0.3, -0.25) is 0 Å². The van der Waals surface area contributed by atoms with Crippen molar-refractivity contribution in [3.05, 3.63) is 42.1 Å². The highest BCUT2D eigenvalue weighted by molar-refractivity contribution is 7.89. The predicted octanol–water partition coefficient (Wildman–Crippen LogP) is 3.35. The number of hydrogen-bond donors (Lipinski definition) is 0. The molecule has 190 valence electrons. The minimum Gasteiger partial charge on any atom is -0.484 e. The molecule has 2 aromatic rings. The number of alkyl halides is 6. The summed E-state index contributed by atoms with van der Waals surface area (Å²) in [5, 5.41) is 8.86. The average molecular weight is 524 g/mol. The SMILES string of the molecule is N#Cc1ccc(N2CCN(S(=O)(=O)c3cc(OCC(F)(F)F)ccc3OCC(F)(F)F)CC2)nc1. The van der Waals surface area contributed by atoms with Crippen molar-refractivity contribution in [3.8, 4) is 17.6 Å². The summed E-state index contributed by atoms with van der Waals surface area (Å²) in [5.74, 6) is -0.670. The molecule has 8 nitrogen and oxygen atoms in total. The number of nitriles is 1. The van der Waals surface area contributed by atoms with Crippen molar-refractivity contribution >= 4 is 15.8 Å². The summed E-state index contributed by atoms with van der Waals surface area (Å²) in [6, 6.07) is 7.48. The van der Waals surface area contributed by atoms with Gasteiger partial charge in [-0.2, -0.15) is 35.9 Å². The van der Waals surface area contributed by atoms with Crippen molar-refractivity contribution in [1.82, 2.24) is 9.29 Å². The van der Waals surface area contributed by atoms with Crippen LogP contribution in [0.4, 0.5) is 32.2 Å². The van der Waals surface area contributed by atoms with Gasteiger partial charge < -0.3 is 14.4 Å². The van der Waals surface area contributed by atoms with E-state index in [0.29, 0.717) is 17.4 Å². The van der Waals surface area contributed by atoms with Crippen LogP contribution in [-0.2, 0) is 10.0 Å². The van der Waals surface area contributed by atoms with Crippen LogP contribution in [0.1, 0.15) is 5.56 Å². The Morgan fingerprint density at radius 3 is 2.11 bits per heavy atom. The highest BCUT2D eigenvalue weighted by Gasteiger charge is 2.35. The lowest BCUT2D eigenvalue weighted by molar-refractivity contribution is -0.154. The van der Waals surface area contributed by atoms with Crippen molar-refractivity contribution < 1.29 is 44.2 Å². The first-order chi connectivity index (χ1) is 16.3. The van der Waals surface area contributed by atoms with Gasteiger partial charge in [0.15, 0.2) is 13.2 Å². The van der Waals surface area contributed by atoms with E-state index in [1.54, 1.807) is 17.0 Å². The molecule has 35 heavy (non-hydrogen) atoms. The summed E-state index contributed by atoms with van der Waals surface area (Å²) in [5.41, 5.74) is 0.342. The van der Waals surface area contributed by atoms with Crippen molar-refractivity contribution in [1.29, 1.82) is 5.26 Å². The molecule has 1 aromatic carbocycles. The quantitative estimate of drug-likeness (QED) is 0.513. The van der Waals surface area contributed by atoms with Gasteiger partial charge in [0, 0.05) is 38.4 Å². The van der Waals surface area contributed by atoms with E-state index in [-0.39, 0.29) is 26.2 Å². The second-order valence-corrected chi connectivity index (χ2v) is 9.23. The number of nitrogens with zero attached hydrogens (tertiary/aromatic N) is 4. The first-order valence-electron chi connectivity index (χ1n) is 9.93. The van der Waals surface area contributed by atoms with Crippen LogP contribution in [0.25, 0.3) is 0 Å². The van der Waals surface area contributed by atoms with Crippen molar-refractivity contribution in [2.24, 2.45) is 0 Å². The van der Waals surface area contributed by atoms with Crippen LogP contribution in [0.15, 0.2) is 41.4 Å². The summed E-state index contributed by atoms with van der Waals surface area (Å²) in [7, 11) is -4.46. The minimum absolute atomic E-state index is 0.0869. The van der Waals surface area contributed by atoms with Crippen LogP contribution < -0.4 is 14.4 Å². The molecule has 15 heteroatoms. The molecule has 1 saturated heterocycles. The number of halogens is 6. The maximum Gasteiger partial charge on any atom is 0.422 e. The zero-order chi connectivity index (χ0) is 25.9. The van der Waals surface area contributed by atoms with Crippen LogP contribution in [0.5, 0.6) is 11.5 Å². The standard InChI is InChI=1S/C20H18F6N4O4S/c21-19(22,23)12-33-15-2-3-16(34-13-20(24,25)26)17(9-15)35(31,32)30-7-5-29(6-8-30)18-4-1-14(10-27)11-28-18/h1-4,9,11H,5-8,12-13H2. The molecule has 0 amide bonds. The topological polar surface area (TPSA) is 95.8 Å². The summed E-state index contributed by atoms with van der Waals surface area (Å²) >= 11 is 0. The molecular weight excluding hydrogens is 506 g/mol. The molecule has 0 aliphatic carbocycles. The van der Waals surface area contributed by atoms with Gasteiger partial charge in [-0.1, -0.05) is 0 Å². The maximum absolute atomic E-state index is 13.2. The third-order valence-corrected chi connectivity index (χ3v) is 6.69. The number of rotatable bonds is 7. The summed E-state index contributed by atoms with van der Waals surface area (Å²) in [6.07, 6.45) is -8.12. The largest absolute Gasteiger partial charge is 0.484 e. The monoisotopic (exact) mass is 524 g/mol. The lowest BCUT2D eigenvalue weighted by Gasteiger charge is -2.35. The molecule has 2 heterocycles. The maximum atomic E-state index is 13.2. The fourth-order valence-corrected chi connectivity index (χ4v) is 4.73. The molecule has 0 saturated carbocycles.